The van der Waals surface area contributed by atoms with E-state index in [1.54, 1.807) is 29.2 Å². The summed E-state index contributed by atoms with van der Waals surface area (Å²) in [6.07, 6.45) is 1.52. The Morgan fingerprint density at radius 1 is 1.18 bits per heavy atom. The van der Waals surface area contributed by atoms with Crippen LogP contribution in [0.25, 0.3) is 0 Å². The number of Topliss-reactive ketones (excluding diaryl/α,β-unsaturated/α-hetero) is 1. The van der Waals surface area contributed by atoms with Gasteiger partial charge in [0.05, 0.1) is 28.3 Å². The van der Waals surface area contributed by atoms with Gasteiger partial charge in [-0.3, -0.25) is 9.69 Å². The van der Waals surface area contributed by atoms with Crippen molar-refractivity contribution in [1.82, 2.24) is 0 Å². The molecule has 0 radical (unpaired) electrons. The molecule has 1 unspecified atom stereocenters. The summed E-state index contributed by atoms with van der Waals surface area (Å²) in [5.41, 5.74) is 11.8. The smallest absolute Gasteiger partial charge is 0.161 e. The van der Waals surface area contributed by atoms with Crippen LogP contribution in [0.1, 0.15) is 47.4 Å². The van der Waals surface area contributed by atoms with Crippen molar-refractivity contribution in [3.63, 3.8) is 0 Å². The number of benzene rings is 3. The molecule has 0 saturated carbocycles. The number of nitrogens with zero attached hydrogens (tertiary/aromatic N) is 2. The maximum Gasteiger partial charge on any atom is 0.161 e. The van der Waals surface area contributed by atoms with Crippen LogP contribution in [0.15, 0.2) is 81.7 Å². The minimum atomic E-state index is -0.661. The molecule has 39 heavy (non-hydrogen) atoms. The van der Waals surface area contributed by atoms with Crippen LogP contribution >= 0.6 is 27.5 Å². The molecule has 1 aliphatic carbocycles. The van der Waals surface area contributed by atoms with Crippen molar-refractivity contribution in [2.75, 3.05) is 4.90 Å². The van der Waals surface area contributed by atoms with Crippen molar-refractivity contribution < 1.29 is 13.9 Å². The molecule has 1 atom stereocenters. The molecule has 0 bridgehead atoms. The quantitative estimate of drug-likeness (QED) is 0.321. The molecule has 2 aliphatic rings. The number of allylic oxidation sites excluding steroid dienone is 3. The lowest BCUT2D eigenvalue weighted by atomic mass is 9.73. The molecule has 2 N–H and O–H groups in total. The van der Waals surface area contributed by atoms with E-state index < -0.39 is 11.7 Å². The van der Waals surface area contributed by atoms with Crippen LogP contribution in [-0.2, 0) is 11.4 Å². The van der Waals surface area contributed by atoms with Crippen LogP contribution < -0.4 is 15.4 Å². The Kier molecular flexibility index (Phi) is 7.53. The topological polar surface area (TPSA) is 79.3 Å². The van der Waals surface area contributed by atoms with Crippen LogP contribution in [0.2, 0.25) is 5.02 Å². The highest BCUT2D eigenvalue weighted by Crippen LogP contribution is 2.48. The number of anilines is 1. The summed E-state index contributed by atoms with van der Waals surface area (Å²) in [6.45, 7) is 4.18. The highest BCUT2D eigenvalue weighted by Gasteiger charge is 2.41. The first kappa shape index (κ1) is 27.0. The minimum absolute atomic E-state index is 0.0567. The summed E-state index contributed by atoms with van der Waals surface area (Å²) >= 11 is 9.58. The van der Waals surface area contributed by atoms with Gasteiger partial charge in [0, 0.05) is 22.2 Å². The van der Waals surface area contributed by atoms with Crippen LogP contribution in [0, 0.1) is 31.0 Å². The summed E-state index contributed by atoms with van der Waals surface area (Å²) in [6, 6.07) is 18.2. The number of para-hydroxylation sites is 1. The first-order valence-electron chi connectivity index (χ1n) is 12.6. The summed E-state index contributed by atoms with van der Waals surface area (Å²) in [4.78, 5) is 15.1. The average molecular weight is 607 g/mol. The summed E-state index contributed by atoms with van der Waals surface area (Å²) < 4.78 is 21.8. The fourth-order valence-electron chi connectivity index (χ4n) is 5.47. The molecule has 3 aromatic rings. The largest absolute Gasteiger partial charge is 0.487 e. The number of aryl methyl sites for hydroxylation is 1. The zero-order valence-corrected chi connectivity index (χ0v) is 23.9. The molecule has 0 amide bonds. The van der Waals surface area contributed by atoms with Crippen molar-refractivity contribution in [2.24, 2.45) is 5.73 Å². The van der Waals surface area contributed by atoms with Gasteiger partial charge in [-0.2, -0.15) is 5.26 Å². The fraction of sp³-hybridized carbons (Fsp3) is 0.226. The van der Waals surface area contributed by atoms with Crippen molar-refractivity contribution in [1.29, 1.82) is 5.26 Å². The van der Waals surface area contributed by atoms with E-state index in [0.29, 0.717) is 45.8 Å². The molecule has 0 fully saturated rings. The monoisotopic (exact) mass is 605 g/mol. The number of halogens is 3. The van der Waals surface area contributed by atoms with Crippen molar-refractivity contribution >= 4 is 39.0 Å². The number of ketones is 1. The standard InChI is InChI=1S/C31H26BrClFN3O2/c1-17-12-19(16-39-28-9-4-3-6-23(28)33)18(2)21(13-17)29-22(15-35)31(36)37(25-11-10-20(32)14-24(25)34)26-7-5-8-27(38)30(26)29/h3-4,6,9-14,29H,5,7-8,16,36H2,1-2H3. The van der Waals surface area contributed by atoms with E-state index >= 15 is 4.39 Å². The molecule has 5 rings (SSSR count). The van der Waals surface area contributed by atoms with E-state index in [0.717, 1.165) is 22.3 Å². The van der Waals surface area contributed by atoms with E-state index in [1.165, 1.54) is 6.07 Å². The number of carbonyl (C=O) groups excluding carboxylic acids is 1. The normalized spacial score (nSPS) is 17.3. The Morgan fingerprint density at radius 3 is 2.67 bits per heavy atom. The number of nitrogens with two attached hydrogens (primary N) is 1. The van der Waals surface area contributed by atoms with Gasteiger partial charge in [0.2, 0.25) is 0 Å². The van der Waals surface area contributed by atoms with Crippen LogP contribution in [0.4, 0.5) is 10.1 Å². The second kappa shape index (κ2) is 10.9. The highest BCUT2D eigenvalue weighted by molar-refractivity contribution is 9.10. The van der Waals surface area contributed by atoms with E-state index in [4.69, 9.17) is 22.1 Å². The maximum absolute atomic E-state index is 15.2. The molecular formula is C31H26BrClFN3O2. The van der Waals surface area contributed by atoms with Crippen molar-refractivity contribution in [2.45, 2.75) is 45.6 Å². The highest BCUT2D eigenvalue weighted by atomic mass is 79.9. The van der Waals surface area contributed by atoms with Gasteiger partial charge in [0.1, 0.15) is 24.0 Å². The number of nitriles is 1. The molecule has 1 heterocycles. The third kappa shape index (κ3) is 4.95. The Balaban J connectivity index is 1.66. The molecule has 0 spiro atoms. The molecule has 3 aromatic carbocycles. The van der Waals surface area contributed by atoms with Gasteiger partial charge >= 0.3 is 0 Å². The first-order valence-corrected chi connectivity index (χ1v) is 13.8. The van der Waals surface area contributed by atoms with Gasteiger partial charge in [0.15, 0.2) is 5.78 Å². The third-order valence-electron chi connectivity index (χ3n) is 7.29. The lowest BCUT2D eigenvalue weighted by Gasteiger charge is -2.40. The number of ether oxygens (including phenoxy) is 1. The summed E-state index contributed by atoms with van der Waals surface area (Å²) in [5, 5.41) is 10.9. The average Bonchev–Trinajstić information content (AvgIpc) is 2.90. The van der Waals surface area contributed by atoms with E-state index in [1.807, 2.05) is 38.1 Å². The Labute approximate surface area is 240 Å². The van der Waals surface area contributed by atoms with Gasteiger partial charge in [0.25, 0.3) is 0 Å². The lowest BCUT2D eigenvalue weighted by molar-refractivity contribution is -0.116. The van der Waals surface area contributed by atoms with Gasteiger partial charge in [-0.05, 0) is 73.7 Å². The van der Waals surface area contributed by atoms with Gasteiger partial charge in [-0.25, -0.2) is 4.39 Å². The Morgan fingerprint density at radius 2 is 1.95 bits per heavy atom. The number of carbonyl (C=O) groups is 1. The van der Waals surface area contributed by atoms with Gasteiger partial charge in [-0.1, -0.05) is 57.4 Å². The zero-order valence-electron chi connectivity index (χ0n) is 21.5. The van der Waals surface area contributed by atoms with Crippen molar-refractivity contribution in [3.8, 4) is 11.8 Å². The predicted octanol–water partition coefficient (Wildman–Crippen LogP) is 7.74. The van der Waals surface area contributed by atoms with Gasteiger partial charge in [-0.15, -0.1) is 0 Å². The molecule has 198 valence electrons. The SMILES string of the molecule is Cc1cc(COc2ccccc2Cl)c(C)c(C2C(C#N)=C(N)N(c3ccc(Br)cc3F)C3=C2C(=O)CCC3)c1. The molecule has 0 saturated heterocycles. The third-order valence-corrected chi connectivity index (χ3v) is 8.10. The summed E-state index contributed by atoms with van der Waals surface area (Å²) in [7, 11) is 0. The Hall–Kier alpha value is -3.60. The maximum atomic E-state index is 15.2. The number of hydrogen-bond donors (Lipinski definition) is 1. The Bertz CT molecular complexity index is 1610. The fourth-order valence-corrected chi connectivity index (χ4v) is 5.99. The number of rotatable bonds is 5. The second-order valence-corrected chi connectivity index (χ2v) is 11.1. The summed E-state index contributed by atoms with van der Waals surface area (Å²) in [5.74, 6) is -0.517. The van der Waals surface area contributed by atoms with Crippen LogP contribution in [-0.4, -0.2) is 5.78 Å². The van der Waals surface area contributed by atoms with E-state index in [-0.39, 0.29) is 29.5 Å². The van der Waals surface area contributed by atoms with E-state index in [2.05, 4.69) is 22.0 Å². The lowest BCUT2D eigenvalue weighted by Crippen LogP contribution is -2.39. The van der Waals surface area contributed by atoms with E-state index in [9.17, 15) is 10.1 Å². The minimum Gasteiger partial charge on any atom is -0.487 e. The zero-order chi connectivity index (χ0) is 27.8. The molecule has 5 nitrogen and oxygen atoms in total. The molecule has 1 aliphatic heterocycles. The second-order valence-electron chi connectivity index (χ2n) is 9.77. The first-order chi connectivity index (χ1) is 18.7. The van der Waals surface area contributed by atoms with Crippen molar-refractivity contribution in [3.05, 3.63) is 115 Å². The molecule has 8 heteroatoms. The number of hydrogen-bond acceptors (Lipinski definition) is 5. The predicted molar refractivity (Wildman–Crippen MR) is 154 cm³/mol. The van der Waals surface area contributed by atoms with Gasteiger partial charge < -0.3 is 10.5 Å². The van der Waals surface area contributed by atoms with Crippen LogP contribution in [0.5, 0.6) is 5.75 Å². The molecular weight excluding hydrogens is 581 g/mol. The molecule has 0 aromatic heterocycles. The van der Waals surface area contributed by atoms with Crippen LogP contribution in [0.3, 0.4) is 0 Å².